The van der Waals surface area contributed by atoms with Crippen molar-refractivity contribution in [1.29, 1.82) is 0 Å². The van der Waals surface area contributed by atoms with Crippen LogP contribution in [0.2, 0.25) is 36.3 Å². The summed E-state index contributed by atoms with van der Waals surface area (Å²) < 4.78 is 12.3. The van der Waals surface area contributed by atoms with Crippen LogP contribution < -0.4 is 5.32 Å². The summed E-state index contributed by atoms with van der Waals surface area (Å²) in [5.74, 6) is 0. The Morgan fingerprint density at radius 1 is 0.690 bits per heavy atom. The summed E-state index contributed by atoms with van der Waals surface area (Å²) in [5.41, 5.74) is 0. The number of aliphatic hydroxyl groups excluding tert-OH is 2. The minimum atomic E-state index is -1.69. The minimum Gasteiger partial charge on any atom is -0.417 e. The van der Waals surface area contributed by atoms with Gasteiger partial charge in [-0.05, 0) is 61.9 Å². The summed E-state index contributed by atoms with van der Waals surface area (Å²) >= 11 is 0. The topological polar surface area (TPSA) is 71.0 Å². The maximum absolute atomic E-state index is 10.1. The van der Waals surface area contributed by atoms with Crippen molar-refractivity contribution in [2.45, 2.75) is 116 Å². The molecule has 0 rings (SSSR count). The number of nitrogens with one attached hydrogen (secondary N) is 1. The number of hydrogen-bond acceptors (Lipinski definition) is 5. The van der Waals surface area contributed by atoms with Gasteiger partial charge in [0.05, 0.1) is 12.2 Å². The van der Waals surface area contributed by atoms with Crippen molar-refractivity contribution in [3.63, 3.8) is 0 Å². The first kappa shape index (κ1) is 29.2. The Balaban J connectivity index is 3.83. The molecule has 176 valence electrons. The lowest BCUT2D eigenvalue weighted by atomic mass is 10.2. The quantitative estimate of drug-likeness (QED) is 0.260. The van der Waals surface area contributed by atoms with E-state index in [2.05, 4.69) is 73.0 Å². The Morgan fingerprint density at radius 3 is 1.28 bits per heavy atom. The van der Waals surface area contributed by atoms with Crippen LogP contribution in [-0.4, -0.2) is 65.4 Å². The van der Waals surface area contributed by atoms with Crippen molar-refractivity contribution in [1.82, 2.24) is 5.32 Å². The molecule has 0 aromatic heterocycles. The standard InChI is InChI=1S/C22H51NO4Si2/c1-21(2,3)28(7,8)26-15-11-13-19(24)17-23-18-20(25)14-12-16-27-29(9,10)22(4,5)6/h19-20,23-25H,11-18H2,1-10H3. The van der Waals surface area contributed by atoms with Crippen LogP contribution in [0.3, 0.4) is 0 Å². The molecule has 5 nitrogen and oxygen atoms in total. The molecule has 0 aromatic carbocycles. The van der Waals surface area contributed by atoms with Crippen LogP contribution in [0.5, 0.6) is 0 Å². The van der Waals surface area contributed by atoms with Crippen molar-refractivity contribution in [2.75, 3.05) is 26.3 Å². The molecule has 0 heterocycles. The monoisotopic (exact) mass is 449 g/mol. The van der Waals surface area contributed by atoms with Gasteiger partial charge in [0.15, 0.2) is 16.6 Å². The Bertz CT molecular complexity index is 405. The first-order valence-corrected chi connectivity index (χ1v) is 17.2. The molecule has 7 heteroatoms. The molecule has 0 aliphatic rings. The molecule has 0 saturated carbocycles. The lowest BCUT2D eigenvalue weighted by Crippen LogP contribution is -2.41. The van der Waals surface area contributed by atoms with Crippen molar-refractivity contribution in [3.8, 4) is 0 Å². The maximum Gasteiger partial charge on any atom is 0.191 e. The molecule has 2 unspecified atom stereocenters. The normalized spacial score (nSPS) is 16.1. The third kappa shape index (κ3) is 12.0. The summed E-state index contributed by atoms with van der Waals surface area (Å²) in [6.07, 6.45) is 2.38. The highest BCUT2D eigenvalue weighted by atomic mass is 28.4. The smallest absolute Gasteiger partial charge is 0.191 e. The van der Waals surface area contributed by atoms with Crippen LogP contribution in [0.1, 0.15) is 67.2 Å². The van der Waals surface area contributed by atoms with E-state index in [0.29, 0.717) is 26.3 Å². The van der Waals surface area contributed by atoms with Gasteiger partial charge < -0.3 is 24.4 Å². The molecular formula is C22H51NO4Si2. The highest BCUT2D eigenvalue weighted by molar-refractivity contribution is 6.74. The first-order chi connectivity index (χ1) is 13.0. The van der Waals surface area contributed by atoms with Gasteiger partial charge in [-0.1, -0.05) is 41.5 Å². The van der Waals surface area contributed by atoms with E-state index in [9.17, 15) is 10.2 Å². The van der Waals surface area contributed by atoms with Crippen molar-refractivity contribution < 1.29 is 19.1 Å². The third-order valence-electron chi connectivity index (χ3n) is 6.66. The van der Waals surface area contributed by atoms with Crippen LogP contribution >= 0.6 is 0 Å². The molecule has 2 atom stereocenters. The fourth-order valence-electron chi connectivity index (χ4n) is 2.35. The zero-order chi connectivity index (χ0) is 22.9. The van der Waals surface area contributed by atoms with E-state index in [1.807, 2.05) is 0 Å². The minimum absolute atomic E-state index is 0.221. The Hall–Kier alpha value is 0.234. The van der Waals surface area contributed by atoms with Gasteiger partial charge in [-0.3, -0.25) is 0 Å². The number of rotatable bonds is 14. The first-order valence-electron chi connectivity index (χ1n) is 11.3. The zero-order valence-corrected chi connectivity index (χ0v) is 23.0. The summed E-state index contributed by atoms with van der Waals surface area (Å²) in [7, 11) is -3.39. The van der Waals surface area contributed by atoms with Crippen LogP contribution in [0.4, 0.5) is 0 Å². The lowest BCUT2D eigenvalue weighted by molar-refractivity contribution is 0.125. The van der Waals surface area contributed by atoms with E-state index < -0.39 is 28.8 Å². The van der Waals surface area contributed by atoms with Gasteiger partial charge in [0, 0.05) is 26.3 Å². The average Bonchev–Trinajstić information content (AvgIpc) is 2.53. The van der Waals surface area contributed by atoms with Gasteiger partial charge >= 0.3 is 0 Å². The number of aliphatic hydroxyl groups is 2. The number of hydrogen-bond donors (Lipinski definition) is 3. The second kappa shape index (κ2) is 12.3. The van der Waals surface area contributed by atoms with E-state index in [1.54, 1.807) is 0 Å². The van der Waals surface area contributed by atoms with Gasteiger partial charge in [0.2, 0.25) is 0 Å². The van der Waals surface area contributed by atoms with Crippen LogP contribution in [0, 0.1) is 0 Å². The molecule has 0 spiro atoms. The molecule has 3 N–H and O–H groups in total. The van der Waals surface area contributed by atoms with E-state index in [-0.39, 0.29) is 10.1 Å². The van der Waals surface area contributed by atoms with Gasteiger partial charge in [0.1, 0.15) is 0 Å². The summed E-state index contributed by atoms with van der Waals surface area (Å²) in [4.78, 5) is 0. The Morgan fingerprint density at radius 2 is 1.00 bits per heavy atom. The average molecular weight is 450 g/mol. The molecule has 0 amide bonds. The highest BCUT2D eigenvalue weighted by Crippen LogP contribution is 2.37. The van der Waals surface area contributed by atoms with Gasteiger partial charge in [0.25, 0.3) is 0 Å². The van der Waals surface area contributed by atoms with Crippen LogP contribution in [0.15, 0.2) is 0 Å². The van der Waals surface area contributed by atoms with Crippen molar-refractivity contribution >= 4 is 16.6 Å². The molecule has 29 heavy (non-hydrogen) atoms. The largest absolute Gasteiger partial charge is 0.417 e. The fourth-order valence-corrected chi connectivity index (χ4v) is 4.52. The predicted molar refractivity (Wildman–Crippen MR) is 130 cm³/mol. The molecular weight excluding hydrogens is 398 g/mol. The Labute approximate surface area is 183 Å². The molecule has 0 fully saturated rings. The molecule has 0 radical (unpaired) electrons. The highest BCUT2D eigenvalue weighted by Gasteiger charge is 2.37. The summed E-state index contributed by atoms with van der Waals surface area (Å²) in [5, 5.41) is 23.9. The van der Waals surface area contributed by atoms with Crippen LogP contribution in [-0.2, 0) is 8.85 Å². The lowest BCUT2D eigenvalue weighted by Gasteiger charge is -2.36. The van der Waals surface area contributed by atoms with Gasteiger partial charge in [-0.25, -0.2) is 0 Å². The van der Waals surface area contributed by atoms with Gasteiger partial charge in [-0.2, -0.15) is 0 Å². The fraction of sp³-hybridized carbons (Fsp3) is 1.00. The molecule has 0 aromatic rings. The SMILES string of the molecule is CC(C)(C)[Si](C)(C)OCCCC(O)CNCC(O)CCCO[Si](C)(C)C(C)(C)C. The zero-order valence-electron chi connectivity index (χ0n) is 21.0. The summed E-state index contributed by atoms with van der Waals surface area (Å²) in [6.45, 7) is 24.9. The maximum atomic E-state index is 10.1. The van der Waals surface area contributed by atoms with E-state index in [4.69, 9.17) is 8.85 Å². The molecule has 0 aliphatic carbocycles. The van der Waals surface area contributed by atoms with Crippen molar-refractivity contribution in [2.24, 2.45) is 0 Å². The molecule has 0 bridgehead atoms. The molecule has 0 saturated heterocycles. The predicted octanol–water partition coefficient (Wildman–Crippen LogP) is 4.90. The molecule has 0 aliphatic heterocycles. The van der Waals surface area contributed by atoms with E-state index >= 15 is 0 Å². The van der Waals surface area contributed by atoms with Crippen LogP contribution in [0.25, 0.3) is 0 Å². The second-order valence-corrected chi connectivity index (χ2v) is 21.1. The second-order valence-electron chi connectivity index (χ2n) is 11.5. The summed E-state index contributed by atoms with van der Waals surface area (Å²) in [6, 6.07) is 0. The van der Waals surface area contributed by atoms with Gasteiger partial charge in [-0.15, -0.1) is 0 Å². The van der Waals surface area contributed by atoms with Crippen molar-refractivity contribution in [3.05, 3.63) is 0 Å². The third-order valence-corrected chi connectivity index (χ3v) is 15.7. The Kier molecular flexibility index (Phi) is 12.4. The van der Waals surface area contributed by atoms with E-state index in [1.165, 1.54) is 0 Å². The van der Waals surface area contributed by atoms with E-state index in [0.717, 1.165) is 25.7 Å².